The van der Waals surface area contributed by atoms with Crippen LogP contribution >= 0.6 is 0 Å². The first-order chi connectivity index (χ1) is 15.3. The van der Waals surface area contributed by atoms with Crippen LogP contribution in [0.2, 0.25) is 0 Å². The first kappa shape index (κ1) is 21.8. The van der Waals surface area contributed by atoms with E-state index in [-0.39, 0.29) is 24.2 Å². The lowest BCUT2D eigenvalue weighted by Gasteiger charge is -2.26. The lowest BCUT2D eigenvalue weighted by molar-refractivity contribution is -0.274. The molecule has 2 heterocycles. The van der Waals surface area contributed by atoms with E-state index in [1.54, 1.807) is 35.6 Å². The number of benzene rings is 1. The zero-order chi connectivity index (χ0) is 22.7. The minimum absolute atomic E-state index is 0.180. The number of allylic oxidation sites excluding steroid dienone is 1. The van der Waals surface area contributed by atoms with Crippen LogP contribution in [0.3, 0.4) is 0 Å². The molecule has 0 bridgehead atoms. The molecule has 2 aromatic rings. The number of carbonyl (C=O) groups excluding carboxylic acids is 1. The quantitative estimate of drug-likeness (QED) is 0.737. The Bertz CT molecular complexity index is 1020. The summed E-state index contributed by atoms with van der Waals surface area (Å²) in [6, 6.07) is 8.49. The highest BCUT2D eigenvalue weighted by Gasteiger charge is 2.31. The number of alkyl halides is 3. The summed E-state index contributed by atoms with van der Waals surface area (Å²) < 4.78 is 41.2. The molecule has 0 unspecified atom stereocenters. The lowest BCUT2D eigenvalue weighted by Crippen LogP contribution is -2.43. The maximum absolute atomic E-state index is 12.9. The Balaban J connectivity index is 1.61. The molecule has 1 aromatic carbocycles. The molecule has 1 saturated carbocycles. The number of pyridine rings is 1. The lowest BCUT2D eigenvalue weighted by atomic mass is 10.0. The van der Waals surface area contributed by atoms with Gasteiger partial charge >= 0.3 is 6.36 Å². The molecule has 1 aliphatic heterocycles. The second-order valence-electron chi connectivity index (χ2n) is 7.57. The molecule has 4 rings (SSSR count). The van der Waals surface area contributed by atoms with Crippen molar-refractivity contribution in [2.75, 3.05) is 11.6 Å². The number of aromatic nitrogens is 1. The van der Waals surface area contributed by atoms with Gasteiger partial charge in [0, 0.05) is 17.3 Å². The fraction of sp³-hybridized carbons (Fsp3) is 0.318. The second-order valence-corrected chi connectivity index (χ2v) is 7.57. The summed E-state index contributed by atoms with van der Waals surface area (Å²) in [7, 11) is 0. The van der Waals surface area contributed by atoms with Gasteiger partial charge in [-0.2, -0.15) is 5.10 Å². The third kappa shape index (κ3) is 5.25. The Kier molecular flexibility index (Phi) is 6.13. The molecule has 168 valence electrons. The third-order valence-electron chi connectivity index (χ3n) is 5.27. The Hall–Kier alpha value is -3.40. The van der Waals surface area contributed by atoms with Crippen LogP contribution in [0.25, 0.3) is 0 Å². The van der Waals surface area contributed by atoms with E-state index >= 15 is 0 Å². The molecule has 0 saturated heterocycles. The summed E-state index contributed by atoms with van der Waals surface area (Å²) in [4.78, 5) is 17.0. The Morgan fingerprint density at radius 1 is 1.19 bits per heavy atom. The molecular weight excluding hydrogens is 425 g/mol. The number of hydrogen-bond donors (Lipinski definition) is 2. The number of hydrazone groups is 1. The molecule has 32 heavy (non-hydrogen) atoms. The SMILES string of the molecule is O=C(N[C@H]1CCC[C@H]1O)C1=CC(c2ccc(OC(F)(F)F)cc2)=NN(c2cccnc2)C1. The van der Waals surface area contributed by atoms with Crippen LogP contribution in [0.5, 0.6) is 5.75 Å². The topological polar surface area (TPSA) is 87.0 Å². The van der Waals surface area contributed by atoms with Gasteiger partial charge in [-0.15, -0.1) is 13.2 Å². The Morgan fingerprint density at radius 2 is 1.97 bits per heavy atom. The van der Waals surface area contributed by atoms with Crippen molar-refractivity contribution in [2.24, 2.45) is 5.10 Å². The number of halogens is 3. The normalized spacial score (nSPS) is 21.1. The van der Waals surface area contributed by atoms with Crippen LogP contribution in [0.15, 0.2) is 65.5 Å². The summed E-state index contributed by atoms with van der Waals surface area (Å²) >= 11 is 0. The van der Waals surface area contributed by atoms with Crippen molar-refractivity contribution in [2.45, 2.75) is 37.8 Å². The van der Waals surface area contributed by atoms with E-state index < -0.39 is 12.5 Å². The minimum atomic E-state index is -4.78. The number of rotatable bonds is 5. The summed E-state index contributed by atoms with van der Waals surface area (Å²) in [5.74, 6) is -0.673. The fourth-order valence-electron chi connectivity index (χ4n) is 3.70. The molecule has 1 aromatic heterocycles. The number of nitrogens with one attached hydrogen (secondary N) is 1. The molecule has 2 N–H and O–H groups in total. The molecule has 2 atom stereocenters. The maximum Gasteiger partial charge on any atom is 0.573 e. The van der Waals surface area contributed by atoms with Crippen LogP contribution in [-0.2, 0) is 4.79 Å². The molecule has 1 fully saturated rings. The number of hydrogen-bond acceptors (Lipinski definition) is 6. The van der Waals surface area contributed by atoms with E-state index in [9.17, 15) is 23.1 Å². The molecule has 2 aliphatic rings. The van der Waals surface area contributed by atoms with Crippen LogP contribution < -0.4 is 15.1 Å². The van der Waals surface area contributed by atoms with Crippen LogP contribution in [0.1, 0.15) is 24.8 Å². The highest BCUT2D eigenvalue weighted by atomic mass is 19.4. The van der Waals surface area contributed by atoms with Crippen molar-refractivity contribution < 1.29 is 27.8 Å². The van der Waals surface area contributed by atoms with Crippen molar-refractivity contribution in [3.8, 4) is 5.75 Å². The number of carbonyl (C=O) groups is 1. The van der Waals surface area contributed by atoms with Crippen molar-refractivity contribution in [3.05, 3.63) is 66.0 Å². The van der Waals surface area contributed by atoms with Crippen LogP contribution in [0, 0.1) is 0 Å². The van der Waals surface area contributed by atoms with Gasteiger partial charge in [0.2, 0.25) is 5.91 Å². The van der Waals surface area contributed by atoms with E-state index in [1.165, 1.54) is 24.3 Å². The summed E-state index contributed by atoms with van der Waals surface area (Å²) in [6.45, 7) is 0.180. The maximum atomic E-state index is 12.9. The largest absolute Gasteiger partial charge is 0.573 e. The van der Waals surface area contributed by atoms with Gasteiger partial charge in [-0.25, -0.2) is 0 Å². The van der Waals surface area contributed by atoms with E-state index in [1.807, 2.05) is 0 Å². The Labute approximate surface area is 182 Å². The average molecular weight is 446 g/mol. The highest BCUT2D eigenvalue weighted by molar-refractivity contribution is 6.14. The van der Waals surface area contributed by atoms with E-state index in [0.29, 0.717) is 35.4 Å². The number of nitrogens with zero attached hydrogens (tertiary/aromatic N) is 3. The van der Waals surface area contributed by atoms with E-state index in [0.717, 1.165) is 6.42 Å². The van der Waals surface area contributed by atoms with Crippen molar-refractivity contribution in [1.82, 2.24) is 10.3 Å². The second kappa shape index (κ2) is 8.99. The summed E-state index contributed by atoms with van der Waals surface area (Å²) in [6.07, 6.45) is 1.64. The fourth-order valence-corrected chi connectivity index (χ4v) is 3.70. The van der Waals surface area contributed by atoms with Crippen LogP contribution in [0.4, 0.5) is 18.9 Å². The molecule has 0 spiro atoms. The number of aliphatic hydroxyl groups is 1. The van der Waals surface area contributed by atoms with Gasteiger partial charge < -0.3 is 15.2 Å². The Morgan fingerprint density at radius 3 is 2.59 bits per heavy atom. The summed E-state index contributed by atoms with van der Waals surface area (Å²) in [5, 5.41) is 19.1. The molecule has 0 radical (unpaired) electrons. The monoisotopic (exact) mass is 446 g/mol. The predicted molar refractivity (Wildman–Crippen MR) is 111 cm³/mol. The highest BCUT2D eigenvalue weighted by Crippen LogP contribution is 2.25. The third-order valence-corrected chi connectivity index (χ3v) is 5.27. The number of anilines is 1. The predicted octanol–water partition coefficient (Wildman–Crippen LogP) is 3.16. The summed E-state index contributed by atoms with van der Waals surface area (Å²) in [5.41, 5.74) is 1.98. The average Bonchev–Trinajstić information content (AvgIpc) is 3.17. The molecule has 7 nitrogen and oxygen atoms in total. The zero-order valence-electron chi connectivity index (χ0n) is 16.9. The van der Waals surface area contributed by atoms with Crippen molar-refractivity contribution >= 4 is 17.3 Å². The van der Waals surface area contributed by atoms with Crippen molar-refractivity contribution in [3.63, 3.8) is 0 Å². The van der Waals surface area contributed by atoms with Gasteiger partial charge in [0.25, 0.3) is 0 Å². The van der Waals surface area contributed by atoms with Gasteiger partial charge in [-0.05, 0) is 61.7 Å². The first-order valence-corrected chi connectivity index (χ1v) is 10.1. The van der Waals surface area contributed by atoms with Gasteiger partial charge in [-0.1, -0.05) is 0 Å². The molecule has 1 aliphatic carbocycles. The van der Waals surface area contributed by atoms with Crippen molar-refractivity contribution in [1.29, 1.82) is 0 Å². The van der Waals surface area contributed by atoms with Crippen LogP contribution in [-0.4, -0.2) is 46.8 Å². The first-order valence-electron chi connectivity index (χ1n) is 10.1. The minimum Gasteiger partial charge on any atom is -0.406 e. The molecule has 1 amide bonds. The van der Waals surface area contributed by atoms with Gasteiger partial charge in [0.05, 0.1) is 36.3 Å². The van der Waals surface area contributed by atoms with Gasteiger partial charge in [0.15, 0.2) is 0 Å². The number of amides is 1. The molecular formula is C22H21F3N4O3. The van der Waals surface area contributed by atoms with Gasteiger partial charge in [-0.3, -0.25) is 14.8 Å². The molecule has 10 heteroatoms. The zero-order valence-corrected chi connectivity index (χ0v) is 16.9. The standard InChI is InChI=1S/C22H21F3N4O3/c23-22(24,25)32-17-8-6-14(7-9-17)19-11-15(21(31)27-18-4-1-5-20(18)30)13-29(28-19)16-3-2-10-26-12-16/h2-3,6-12,18,20,30H,1,4-5,13H2,(H,27,31)/t18-,20+/m0/s1. The smallest absolute Gasteiger partial charge is 0.406 e. The number of aliphatic hydroxyl groups excluding tert-OH is 1. The van der Waals surface area contributed by atoms with E-state index in [2.05, 4.69) is 20.1 Å². The van der Waals surface area contributed by atoms with Gasteiger partial charge in [0.1, 0.15) is 5.75 Å². The van der Waals surface area contributed by atoms with E-state index in [4.69, 9.17) is 0 Å². The number of ether oxygens (including phenoxy) is 1.